The molecule has 96 valence electrons. The van der Waals surface area contributed by atoms with Crippen molar-refractivity contribution in [2.24, 2.45) is 5.41 Å². The van der Waals surface area contributed by atoms with Crippen LogP contribution in [0.2, 0.25) is 0 Å². The average molecular weight is 241 g/mol. The molecule has 1 spiro atoms. The first-order chi connectivity index (χ1) is 7.92. The molecule has 1 amide bonds. The predicted molar refractivity (Wildman–Crippen MR) is 62.5 cm³/mol. The molecule has 0 saturated carbocycles. The summed E-state index contributed by atoms with van der Waals surface area (Å²) in [4.78, 5) is 18.0. The molecule has 0 bridgehead atoms. The molecule has 17 heavy (non-hydrogen) atoms. The maximum atomic E-state index is 14.4. The van der Waals surface area contributed by atoms with Crippen molar-refractivity contribution in [1.29, 1.82) is 0 Å². The van der Waals surface area contributed by atoms with E-state index < -0.39 is 5.67 Å². The third kappa shape index (κ3) is 1.67. The van der Waals surface area contributed by atoms with Crippen molar-refractivity contribution in [3.05, 3.63) is 0 Å². The van der Waals surface area contributed by atoms with Crippen LogP contribution in [0.4, 0.5) is 4.39 Å². The van der Waals surface area contributed by atoms with Gasteiger partial charge >= 0.3 is 0 Å². The summed E-state index contributed by atoms with van der Waals surface area (Å²) in [6.45, 7) is 4.56. The van der Waals surface area contributed by atoms with Gasteiger partial charge in [0.05, 0.1) is 0 Å². The van der Waals surface area contributed by atoms with Gasteiger partial charge in [-0.3, -0.25) is 4.79 Å². The van der Waals surface area contributed by atoms with Gasteiger partial charge in [-0.1, -0.05) is 0 Å². The lowest BCUT2D eigenvalue weighted by atomic mass is 9.72. The minimum absolute atomic E-state index is 0.259. The fraction of sp³-hybridized carbons (Fsp3) is 0.917. The number of rotatable bonds is 1. The molecule has 1 unspecified atom stereocenters. The van der Waals surface area contributed by atoms with Gasteiger partial charge in [0.25, 0.3) is 5.91 Å². The number of carbonyl (C=O) groups excluding carboxylic acids is 1. The third-order valence-electron chi connectivity index (χ3n) is 4.34. The smallest absolute Gasteiger partial charge is 0.261 e. The molecule has 3 heterocycles. The van der Waals surface area contributed by atoms with E-state index in [0.717, 1.165) is 26.2 Å². The number of carbonyl (C=O) groups is 1. The zero-order valence-corrected chi connectivity index (χ0v) is 10.6. The first-order valence-electron chi connectivity index (χ1n) is 6.28. The standard InChI is InChI=1S/C12H20FN3O/c1-14-4-3-12(13,9-14)10(17)16-7-11(8-16)5-15(2)6-11/h3-9H2,1-2H3. The van der Waals surface area contributed by atoms with Crippen LogP contribution in [0, 0.1) is 5.41 Å². The molecular weight excluding hydrogens is 221 g/mol. The molecule has 0 aromatic heterocycles. The Morgan fingerprint density at radius 1 is 1.06 bits per heavy atom. The molecule has 0 radical (unpaired) electrons. The summed E-state index contributed by atoms with van der Waals surface area (Å²) < 4.78 is 14.4. The second kappa shape index (κ2) is 3.42. The van der Waals surface area contributed by atoms with Crippen LogP contribution >= 0.6 is 0 Å². The van der Waals surface area contributed by atoms with Crippen LogP contribution in [0.15, 0.2) is 0 Å². The van der Waals surface area contributed by atoms with E-state index in [1.165, 1.54) is 0 Å². The summed E-state index contributed by atoms with van der Waals surface area (Å²) in [6.07, 6.45) is 0.353. The van der Waals surface area contributed by atoms with E-state index in [0.29, 0.717) is 18.4 Å². The number of nitrogens with zero attached hydrogens (tertiary/aromatic N) is 3. The number of halogens is 1. The summed E-state index contributed by atoms with van der Waals surface area (Å²) >= 11 is 0. The van der Waals surface area contributed by atoms with Crippen molar-refractivity contribution in [1.82, 2.24) is 14.7 Å². The average Bonchev–Trinajstić information content (AvgIpc) is 2.50. The highest BCUT2D eigenvalue weighted by molar-refractivity contribution is 5.86. The molecule has 4 nitrogen and oxygen atoms in total. The molecule has 3 fully saturated rings. The Kier molecular flexibility index (Phi) is 2.29. The summed E-state index contributed by atoms with van der Waals surface area (Å²) in [7, 11) is 3.95. The number of amides is 1. The number of alkyl halides is 1. The Hall–Kier alpha value is -0.680. The largest absolute Gasteiger partial charge is 0.338 e. The molecule has 5 heteroatoms. The number of likely N-dealkylation sites (tertiary alicyclic amines) is 3. The van der Waals surface area contributed by atoms with Gasteiger partial charge in [-0.25, -0.2) is 4.39 Å². The highest BCUT2D eigenvalue weighted by Crippen LogP contribution is 2.41. The third-order valence-corrected chi connectivity index (χ3v) is 4.34. The lowest BCUT2D eigenvalue weighted by Crippen LogP contribution is -2.73. The van der Waals surface area contributed by atoms with E-state index in [1.54, 1.807) is 4.90 Å². The molecule has 0 N–H and O–H groups in total. The molecule has 0 aromatic carbocycles. The number of hydrogen-bond acceptors (Lipinski definition) is 3. The molecular formula is C12H20FN3O. The first-order valence-corrected chi connectivity index (χ1v) is 6.28. The molecule has 3 rings (SSSR count). The van der Waals surface area contributed by atoms with Crippen LogP contribution in [0.1, 0.15) is 6.42 Å². The van der Waals surface area contributed by atoms with Crippen molar-refractivity contribution in [2.45, 2.75) is 12.1 Å². The molecule has 0 aromatic rings. The summed E-state index contributed by atoms with van der Waals surface area (Å²) in [5, 5.41) is 0. The van der Waals surface area contributed by atoms with E-state index in [9.17, 15) is 9.18 Å². The van der Waals surface area contributed by atoms with E-state index in [-0.39, 0.29) is 12.5 Å². The maximum absolute atomic E-state index is 14.4. The van der Waals surface area contributed by atoms with Crippen LogP contribution in [-0.4, -0.2) is 79.6 Å². The summed E-state index contributed by atoms with van der Waals surface area (Å²) in [5.41, 5.74) is -1.32. The highest BCUT2D eigenvalue weighted by Gasteiger charge is 2.56. The lowest BCUT2D eigenvalue weighted by Gasteiger charge is -2.60. The quantitative estimate of drug-likeness (QED) is 0.636. The van der Waals surface area contributed by atoms with Crippen molar-refractivity contribution in [3.63, 3.8) is 0 Å². The van der Waals surface area contributed by atoms with Gasteiger partial charge in [-0.05, 0) is 14.1 Å². The summed E-state index contributed by atoms with van der Waals surface area (Å²) in [5.74, 6) is -0.276. The van der Waals surface area contributed by atoms with Crippen molar-refractivity contribution >= 4 is 5.91 Å². The van der Waals surface area contributed by atoms with Crippen molar-refractivity contribution in [2.75, 3.05) is 53.4 Å². The number of hydrogen-bond donors (Lipinski definition) is 0. The second-order valence-corrected chi connectivity index (χ2v) is 6.29. The molecule has 1 atom stereocenters. The Morgan fingerprint density at radius 3 is 2.18 bits per heavy atom. The Labute approximate surface area is 101 Å². The zero-order chi connectivity index (χ0) is 12.3. The fourth-order valence-electron chi connectivity index (χ4n) is 3.62. The van der Waals surface area contributed by atoms with E-state index >= 15 is 0 Å². The van der Waals surface area contributed by atoms with Gasteiger partial charge in [0.2, 0.25) is 5.67 Å². The summed E-state index contributed by atoms with van der Waals surface area (Å²) in [6, 6.07) is 0. The molecule has 0 aliphatic carbocycles. The fourth-order valence-corrected chi connectivity index (χ4v) is 3.62. The monoisotopic (exact) mass is 241 g/mol. The Bertz CT molecular complexity index is 348. The van der Waals surface area contributed by atoms with Crippen molar-refractivity contribution < 1.29 is 9.18 Å². The van der Waals surface area contributed by atoms with Crippen LogP contribution in [0.3, 0.4) is 0 Å². The van der Waals surface area contributed by atoms with E-state index in [4.69, 9.17) is 0 Å². The molecule has 3 aliphatic rings. The van der Waals surface area contributed by atoms with E-state index in [2.05, 4.69) is 11.9 Å². The highest BCUT2D eigenvalue weighted by atomic mass is 19.1. The predicted octanol–water partition coefficient (Wildman–Crippen LogP) is -0.196. The van der Waals surface area contributed by atoms with Crippen LogP contribution in [-0.2, 0) is 4.79 Å². The van der Waals surface area contributed by atoms with Crippen LogP contribution in [0.5, 0.6) is 0 Å². The first kappa shape index (κ1) is 11.4. The molecule has 3 aliphatic heterocycles. The van der Waals surface area contributed by atoms with Gasteiger partial charge in [0.1, 0.15) is 0 Å². The SMILES string of the molecule is CN1CC2(C1)CN(C(=O)C1(F)CCN(C)C1)C2. The van der Waals surface area contributed by atoms with Gasteiger partial charge in [-0.2, -0.15) is 0 Å². The molecule has 3 saturated heterocycles. The van der Waals surface area contributed by atoms with Crippen LogP contribution in [0.25, 0.3) is 0 Å². The topological polar surface area (TPSA) is 26.8 Å². The minimum Gasteiger partial charge on any atom is -0.338 e. The van der Waals surface area contributed by atoms with Gasteiger partial charge in [0, 0.05) is 51.1 Å². The Morgan fingerprint density at radius 2 is 1.71 bits per heavy atom. The second-order valence-electron chi connectivity index (χ2n) is 6.29. The minimum atomic E-state index is -1.62. The lowest BCUT2D eigenvalue weighted by molar-refractivity contribution is -0.167. The normalized spacial score (nSPS) is 37.0. The Balaban J connectivity index is 1.58. The van der Waals surface area contributed by atoms with E-state index in [1.807, 2.05) is 11.9 Å². The van der Waals surface area contributed by atoms with Crippen molar-refractivity contribution in [3.8, 4) is 0 Å². The van der Waals surface area contributed by atoms with Gasteiger partial charge in [0.15, 0.2) is 0 Å². The van der Waals surface area contributed by atoms with Crippen LogP contribution < -0.4 is 0 Å². The maximum Gasteiger partial charge on any atom is 0.261 e. The zero-order valence-electron chi connectivity index (χ0n) is 10.6. The van der Waals surface area contributed by atoms with Gasteiger partial charge in [-0.15, -0.1) is 0 Å². The van der Waals surface area contributed by atoms with Gasteiger partial charge < -0.3 is 14.7 Å².